The Hall–Kier alpha value is -1.42. The van der Waals surface area contributed by atoms with Gasteiger partial charge in [0, 0.05) is 38.9 Å². The second-order valence-electron chi connectivity index (χ2n) is 7.23. The lowest BCUT2D eigenvalue weighted by molar-refractivity contribution is 0.0724. The Morgan fingerprint density at radius 3 is 2.67 bits per heavy atom. The van der Waals surface area contributed by atoms with Crippen LogP contribution in [-0.2, 0) is 10.2 Å². The summed E-state index contributed by atoms with van der Waals surface area (Å²) in [6, 6.07) is 1.69. The van der Waals surface area contributed by atoms with Crippen LogP contribution in [0.3, 0.4) is 0 Å². The van der Waals surface area contributed by atoms with E-state index in [9.17, 15) is 13.2 Å². The average Bonchev–Trinajstić information content (AvgIpc) is 2.66. The molecule has 0 bridgehead atoms. The van der Waals surface area contributed by atoms with Gasteiger partial charge in [0.25, 0.3) is 16.1 Å². The Balaban J connectivity index is 1.66. The van der Waals surface area contributed by atoms with Gasteiger partial charge < -0.3 is 9.80 Å². The fraction of sp³-hybridized carbons (Fsp3) is 0.647. The van der Waals surface area contributed by atoms with Crippen LogP contribution in [0, 0.1) is 5.92 Å². The fourth-order valence-electron chi connectivity index (χ4n) is 3.72. The topological polar surface area (TPSA) is 109 Å². The molecule has 2 saturated heterocycles. The van der Waals surface area contributed by atoms with Gasteiger partial charge in [-0.15, -0.1) is 0 Å². The van der Waals surface area contributed by atoms with Crippen LogP contribution in [0.4, 0.5) is 5.82 Å². The van der Waals surface area contributed by atoms with Gasteiger partial charge in [-0.3, -0.25) is 4.79 Å². The molecule has 0 spiro atoms. The highest BCUT2D eigenvalue weighted by Crippen LogP contribution is 2.29. The van der Waals surface area contributed by atoms with E-state index in [-0.39, 0.29) is 11.8 Å². The predicted octanol–water partition coefficient (Wildman–Crippen LogP) is 1.37. The number of halogens is 1. The summed E-state index contributed by atoms with van der Waals surface area (Å²) < 4.78 is 24.5. The van der Waals surface area contributed by atoms with E-state index in [1.807, 2.05) is 9.80 Å². The van der Waals surface area contributed by atoms with Crippen molar-refractivity contribution in [2.45, 2.75) is 32.1 Å². The number of carbonyl (C=O) groups excluding carboxylic acids is 1. The molecule has 1 aromatic heterocycles. The van der Waals surface area contributed by atoms with Crippen LogP contribution in [0.5, 0.6) is 0 Å². The lowest BCUT2D eigenvalue weighted by Gasteiger charge is -2.34. The number of anilines is 1. The van der Waals surface area contributed by atoms with E-state index < -0.39 is 10.2 Å². The number of hydrogen-bond donors (Lipinski definition) is 2. The maximum atomic E-state index is 12.6. The first-order valence-corrected chi connectivity index (χ1v) is 11.2. The van der Waals surface area contributed by atoms with Crippen LogP contribution in [-0.4, -0.2) is 56.9 Å². The number of rotatable bonds is 5. The smallest absolute Gasteiger partial charge is 0.274 e. The highest BCUT2D eigenvalue weighted by molar-refractivity contribution is 7.87. The highest BCUT2D eigenvalue weighted by atomic mass is 35.5. The van der Waals surface area contributed by atoms with Gasteiger partial charge in [0.2, 0.25) is 0 Å². The van der Waals surface area contributed by atoms with Crippen molar-refractivity contribution in [2.75, 3.05) is 37.6 Å². The molecule has 3 N–H and O–H groups in total. The maximum Gasteiger partial charge on any atom is 0.274 e. The molecule has 10 heteroatoms. The number of aromatic nitrogens is 1. The quantitative estimate of drug-likeness (QED) is 0.754. The van der Waals surface area contributed by atoms with Gasteiger partial charge in [-0.2, -0.15) is 8.42 Å². The molecule has 0 saturated carbocycles. The number of hydrogen-bond acceptors (Lipinski definition) is 5. The molecule has 3 heterocycles. The summed E-state index contributed by atoms with van der Waals surface area (Å²) in [6.07, 6.45) is 6.63. The first-order valence-electron chi connectivity index (χ1n) is 9.30. The Bertz CT molecular complexity index is 783. The number of amides is 1. The van der Waals surface area contributed by atoms with E-state index in [4.69, 9.17) is 16.7 Å². The van der Waals surface area contributed by atoms with Crippen molar-refractivity contribution < 1.29 is 13.2 Å². The molecule has 2 fully saturated rings. The van der Waals surface area contributed by atoms with Crippen molar-refractivity contribution in [3.8, 4) is 0 Å². The predicted molar refractivity (Wildman–Crippen MR) is 105 cm³/mol. The van der Waals surface area contributed by atoms with Gasteiger partial charge in [-0.05, 0) is 44.1 Å². The van der Waals surface area contributed by atoms with Crippen molar-refractivity contribution in [3.63, 3.8) is 0 Å². The zero-order chi connectivity index (χ0) is 19.4. The van der Waals surface area contributed by atoms with Crippen LogP contribution in [0.1, 0.15) is 42.5 Å². The molecule has 1 amide bonds. The molecule has 1 unspecified atom stereocenters. The number of nitrogens with two attached hydrogens (primary N) is 1. The third-order valence-electron chi connectivity index (χ3n) is 5.10. The summed E-state index contributed by atoms with van der Waals surface area (Å²) in [6.45, 7) is 3.28. The van der Waals surface area contributed by atoms with Crippen molar-refractivity contribution >= 4 is 33.5 Å². The van der Waals surface area contributed by atoms with Crippen LogP contribution in [0.15, 0.2) is 12.3 Å². The number of nitrogens with one attached hydrogen (secondary N) is 1. The van der Waals surface area contributed by atoms with E-state index in [2.05, 4.69) is 9.71 Å². The number of piperidine rings is 2. The van der Waals surface area contributed by atoms with Crippen LogP contribution >= 0.6 is 11.6 Å². The molecule has 0 aromatic carbocycles. The minimum atomic E-state index is -3.69. The number of carbonyl (C=O) groups is 1. The van der Waals surface area contributed by atoms with E-state index in [1.165, 1.54) is 0 Å². The monoisotopic (exact) mass is 415 g/mol. The van der Waals surface area contributed by atoms with Gasteiger partial charge in [0.05, 0.1) is 10.6 Å². The maximum absolute atomic E-state index is 12.6. The minimum absolute atomic E-state index is 0.0236. The summed E-state index contributed by atoms with van der Waals surface area (Å²) in [4.78, 5) is 20.9. The molecule has 27 heavy (non-hydrogen) atoms. The summed E-state index contributed by atoms with van der Waals surface area (Å²) in [5.74, 6) is 0.737. The van der Waals surface area contributed by atoms with Crippen LogP contribution < -0.4 is 14.8 Å². The van der Waals surface area contributed by atoms with Crippen molar-refractivity contribution in [3.05, 3.63) is 22.8 Å². The number of pyridine rings is 1. The van der Waals surface area contributed by atoms with Crippen molar-refractivity contribution in [1.82, 2.24) is 14.6 Å². The number of likely N-dealkylation sites (tertiary alicyclic amines) is 1. The standard InChI is InChI=1S/C17H26ClN5O3S/c18-15-9-14(17(24)22-6-2-1-3-7-22)11-20-16(15)23-8-4-5-13(12-23)10-21-27(19,25)26/h9,11,13,21H,1-8,10,12H2,(H2,19,25,26). The molecule has 3 rings (SSSR count). The van der Waals surface area contributed by atoms with E-state index >= 15 is 0 Å². The summed E-state index contributed by atoms with van der Waals surface area (Å²) in [5.41, 5.74) is 0.509. The highest BCUT2D eigenvalue weighted by Gasteiger charge is 2.25. The van der Waals surface area contributed by atoms with Crippen molar-refractivity contribution in [1.29, 1.82) is 0 Å². The van der Waals surface area contributed by atoms with Crippen LogP contribution in [0.25, 0.3) is 0 Å². The Kier molecular flexibility index (Phi) is 6.56. The van der Waals surface area contributed by atoms with E-state index in [1.54, 1.807) is 12.3 Å². The molecule has 2 aliphatic rings. The van der Waals surface area contributed by atoms with Gasteiger partial charge in [0.15, 0.2) is 0 Å². The lowest BCUT2D eigenvalue weighted by Crippen LogP contribution is -2.43. The zero-order valence-corrected chi connectivity index (χ0v) is 16.8. The lowest BCUT2D eigenvalue weighted by atomic mass is 9.98. The Labute approximate surface area is 165 Å². The van der Waals surface area contributed by atoms with Gasteiger partial charge in [-0.25, -0.2) is 14.8 Å². The molecule has 2 aliphatic heterocycles. The van der Waals surface area contributed by atoms with E-state index in [0.717, 1.165) is 51.7 Å². The SMILES string of the molecule is NS(=O)(=O)NCC1CCCN(c2ncc(C(=O)N3CCCCC3)cc2Cl)C1. The molecular formula is C17H26ClN5O3S. The van der Waals surface area contributed by atoms with Crippen molar-refractivity contribution in [2.24, 2.45) is 11.1 Å². The summed E-state index contributed by atoms with van der Waals surface area (Å²) >= 11 is 6.44. The fourth-order valence-corrected chi connectivity index (χ4v) is 4.47. The van der Waals surface area contributed by atoms with Gasteiger partial charge >= 0.3 is 0 Å². The molecule has 1 atom stereocenters. The van der Waals surface area contributed by atoms with Gasteiger partial charge in [-0.1, -0.05) is 11.6 Å². The third-order valence-corrected chi connectivity index (χ3v) is 5.95. The largest absolute Gasteiger partial charge is 0.355 e. The first kappa shape index (κ1) is 20.3. The zero-order valence-electron chi connectivity index (χ0n) is 15.2. The van der Waals surface area contributed by atoms with Gasteiger partial charge in [0.1, 0.15) is 5.82 Å². The van der Waals surface area contributed by atoms with Crippen LogP contribution in [0.2, 0.25) is 5.02 Å². The Morgan fingerprint density at radius 1 is 1.26 bits per heavy atom. The minimum Gasteiger partial charge on any atom is -0.355 e. The number of nitrogens with zero attached hydrogens (tertiary/aromatic N) is 3. The summed E-state index contributed by atoms with van der Waals surface area (Å²) in [5, 5.41) is 5.45. The molecule has 0 radical (unpaired) electrons. The third kappa shape index (κ3) is 5.54. The second-order valence-corrected chi connectivity index (χ2v) is 9.02. The first-order chi connectivity index (χ1) is 12.8. The molecular weight excluding hydrogens is 390 g/mol. The normalized spacial score (nSPS) is 21.3. The van der Waals surface area contributed by atoms with E-state index in [0.29, 0.717) is 29.5 Å². The molecule has 1 aromatic rings. The summed E-state index contributed by atoms with van der Waals surface area (Å²) in [7, 11) is -3.69. The Morgan fingerprint density at radius 2 is 2.00 bits per heavy atom. The molecule has 150 valence electrons. The molecule has 0 aliphatic carbocycles. The second kappa shape index (κ2) is 8.72. The average molecular weight is 416 g/mol. The molecule has 8 nitrogen and oxygen atoms in total.